The second-order valence-electron chi connectivity index (χ2n) is 14.9. The Balaban J connectivity index is 4.20. The summed E-state index contributed by atoms with van der Waals surface area (Å²) >= 11 is 0. The van der Waals surface area contributed by atoms with Crippen molar-refractivity contribution >= 4 is 13.7 Å². The number of carbonyl (C=O) groups is 1. The van der Waals surface area contributed by atoms with Crippen molar-refractivity contribution in [3.05, 3.63) is 72.9 Å². The first-order chi connectivity index (χ1) is 27.4. The number of phosphoric ester groups is 1. The van der Waals surface area contributed by atoms with E-state index in [4.69, 9.17) is 14.8 Å². The number of aliphatic hydroxyl groups excluding tert-OH is 1. The number of aliphatic hydroxyl groups is 1. The number of unbranched alkanes of at least 4 members (excludes halogenated alkanes) is 19. The van der Waals surface area contributed by atoms with Gasteiger partial charge in [-0.15, -0.1) is 0 Å². The van der Waals surface area contributed by atoms with E-state index in [9.17, 15) is 19.4 Å². The lowest BCUT2D eigenvalue weighted by molar-refractivity contribution is -0.123. The van der Waals surface area contributed by atoms with Crippen molar-refractivity contribution in [3.63, 3.8) is 0 Å². The molecule has 1 amide bonds. The van der Waals surface area contributed by atoms with E-state index in [-0.39, 0.29) is 25.7 Å². The molecule has 5 N–H and O–H groups in total. The minimum absolute atomic E-state index is 0.0731. The van der Waals surface area contributed by atoms with Crippen LogP contribution in [0.3, 0.4) is 0 Å². The van der Waals surface area contributed by atoms with Crippen molar-refractivity contribution in [3.8, 4) is 0 Å². The van der Waals surface area contributed by atoms with Gasteiger partial charge >= 0.3 is 7.82 Å². The third-order valence-electron chi connectivity index (χ3n) is 9.54. The molecule has 0 heterocycles. The minimum Gasteiger partial charge on any atom is -0.387 e. The van der Waals surface area contributed by atoms with Crippen LogP contribution in [0.25, 0.3) is 0 Å². The molecule has 0 saturated heterocycles. The summed E-state index contributed by atoms with van der Waals surface area (Å²) < 4.78 is 22.1. The number of allylic oxidation sites excluding steroid dienone is 11. The summed E-state index contributed by atoms with van der Waals surface area (Å²) in [6, 6.07) is -0.870. The van der Waals surface area contributed by atoms with E-state index in [1.54, 1.807) is 6.08 Å². The second kappa shape index (κ2) is 42.5. The van der Waals surface area contributed by atoms with Crippen LogP contribution in [0.4, 0.5) is 0 Å². The standard InChI is InChI=1S/C47H85N2O6P/c1-3-5-7-9-11-13-15-17-19-20-21-22-23-24-25-26-27-29-31-33-35-37-39-41-47(51)49-45(44-55-56(52,53)54-43-42-48)46(50)40-38-36-34-32-30-28-18-16-14-12-10-8-6-4-2/h5,7,11,13,17,19,21-22,24-25,38,40,45-46,50H,3-4,6,8-10,12,14-16,18,20,23,26-37,39,41-44,48H2,1-2H3,(H,49,51)(H,52,53)/b7-5-,13-11-,19-17-,22-21-,25-24-,40-38+. The van der Waals surface area contributed by atoms with E-state index >= 15 is 0 Å². The van der Waals surface area contributed by atoms with Crippen LogP contribution < -0.4 is 11.1 Å². The van der Waals surface area contributed by atoms with Crippen molar-refractivity contribution < 1.29 is 28.4 Å². The summed E-state index contributed by atoms with van der Waals surface area (Å²) in [6.45, 7) is 4.00. The molecule has 56 heavy (non-hydrogen) atoms. The maximum atomic E-state index is 12.8. The topological polar surface area (TPSA) is 131 Å². The van der Waals surface area contributed by atoms with Gasteiger partial charge < -0.3 is 21.1 Å². The molecule has 324 valence electrons. The third-order valence-corrected chi connectivity index (χ3v) is 10.5. The largest absolute Gasteiger partial charge is 0.472 e. The first kappa shape index (κ1) is 53.9. The summed E-state index contributed by atoms with van der Waals surface area (Å²) in [7, 11) is -4.35. The van der Waals surface area contributed by atoms with Crippen LogP contribution in [-0.4, -0.2) is 47.8 Å². The molecule has 3 atom stereocenters. The minimum atomic E-state index is -4.35. The van der Waals surface area contributed by atoms with Crippen molar-refractivity contribution in [1.82, 2.24) is 5.32 Å². The quantitative estimate of drug-likeness (QED) is 0.0275. The third kappa shape index (κ3) is 40.1. The molecule has 0 aliphatic rings. The predicted octanol–water partition coefficient (Wildman–Crippen LogP) is 12.8. The summed E-state index contributed by atoms with van der Waals surface area (Å²) in [6.07, 6.45) is 55.2. The van der Waals surface area contributed by atoms with Crippen molar-refractivity contribution in [2.45, 2.75) is 199 Å². The Labute approximate surface area is 344 Å². The van der Waals surface area contributed by atoms with Crippen LogP contribution >= 0.6 is 7.82 Å². The lowest BCUT2D eigenvalue weighted by atomic mass is 10.0. The maximum Gasteiger partial charge on any atom is 0.472 e. The van der Waals surface area contributed by atoms with Crippen LogP contribution in [0.15, 0.2) is 72.9 Å². The Morgan fingerprint density at radius 3 is 1.52 bits per heavy atom. The van der Waals surface area contributed by atoms with Gasteiger partial charge in [-0.3, -0.25) is 13.8 Å². The lowest BCUT2D eigenvalue weighted by Crippen LogP contribution is -2.45. The Morgan fingerprint density at radius 1 is 0.607 bits per heavy atom. The van der Waals surface area contributed by atoms with Gasteiger partial charge in [0.25, 0.3) is 0 Å². The summed E-state index contributed by atoms with van der Waals surface area (Å²) in [5.41, 5.74) is 5.37. The van der Waals surface area contributed by atoms with Crippen molar-refractivity contribution in [2.24, 2.45) is 5.73 Å². The fraction of sp³-hybridized carbons (Fsp3) is 0.723. The van der Waals surface area contributed by atoms with Gasteiger partial charge in [0, 0.05) is 13.0 Å². The first-order valence-corrected chi connectivity index (χ1v) is 24.1. The van der Waals surface area contributed by atoms with Crippen molar-refractivity contribution in [2.75, 3.05) is 19.8 Å². The summed E-state index contributed by atoms with van der Waals surface area (Å²) in [5.74, 6) is -0.209. The van der Waals surface area contributed by atoms with E-state index in [1.165, 1.54) is 83.5 Å². The molecule has 8 nitrogen and oxygen atoms in total. The molecule has 0 aliphatic carbocycles. The van der Waals surface area contributed by atoms with Gasteiger partial charge in [0.15, 0.2) is 0 Å². The fourth-order valence-electron chi connectivity index (χ4n) is 6.16. The van der Waals surface area contributed by atoms with E-state index in [0.29, 0.717) is 6.42 Å². The first-order valence-electron chi connectivity index (χ1n) is 22.6. The number of nitrogens with two attached hydrogens (primary N) is 1. The highest BCUT2D eigenvalue weighted by molar-refractivity contribution is 7.47. The fourth-order valence-corrected chi connectivity index (χ4v) is 6.92. The lowest BCUT2D eigenvalue weighted by Gasteiger charge is -2.23. The molecule has 0 aromatic rings. The zero-order valence-electron chi connectivity index (χ0n) is 35.8. The van der Waals surface area contributed by atoms with Gasteiger partial charge in [0.2, 0.25) is 5.91 Å². The van der Waals surface area contributed by atoms with E-state index in [1.807, 2.05) is 6.08 Å². The molecule has 0 saturated carbocycles. The van der Waals surface area contributed by atoms with Gasteiger partial charge in [-0.05, 0) is 64.2 Å². The normalized spacial score (nSPS) is 14.7. The Kier molecular flexibility index (Phi) is 41.0. The van der Waals surface area contributed by atoms with Crippen LogP contribution in [0, 0.1) is 0 Å². The maximum absolute atomic E-state index is 12.8. The summed E-state index contributed by atoms with van der Waals surface area (Å²) in [5, 5.41) is 13.7. The molecule has 3 unspecified atom stereocenters. The monoisotopic (exact) mass is 805 g/mol. The second-order valence-corrected chi connectivity index (χ2v) is 16.3. The molecule has 0 fully saturated rings. The zero-order chi connectivity index (χ0) is 41.1. The van der Waals surface area contributed by atoms with Gasteiger partial charge in [-0.1, -0.05) is 189 Å². The van der Waals surface area contributed by atoms with E-state index in [0.717, 1.165) is 83.5 Å². The zero-order valence-corrected chi connectivity index (χ0v) is 36.7. The molecule has 9 heteroatoms. The smallest absolute Gasteiger partial charge is 0.387 e. The molecule has 0 aromatic carbocycles. The molecule has 0 radical (unpaired) electrons. The van der Waals surface area contributed by atoms with Gasteiger partial charge in [-0.25, -0.2) is 4.57 Å². The number of nitrogens with one attached hydrogen (secondary N) is 1. The summed E-state index contributed by atoms with van der Waals surface area (Å²) in [4.78, 5) is 22.7. The van der Waals surface area contributed by atoms with Crippen LogP contribution in [0.2, 0.25) is 0 Å². The number of hydrogen-bond donors (Lipinski definition) is 4. The van der Waals surface area contributed by atoms with Crippen molar-refractivity contribution in [1.29, 1.82) is 0 Å². The molecule has 0 rings (SSSR count). The average Bonchev–Trinajstić information content (AvgIpc) is 3.19. The Morgan fingerprint density at radius 2 is 1.04 bits per heavy atom. The molecular formula is C47H85N2O6P. The van der Waals surface area contributed by atoms with Crippen LogP contribution in [-0.2, 0) is 18.4 Å². The van der Waals surface area contributed by atoms with E-state index in [2.05, 4.69) is 79.9 Å². The molecule has 0 bridgehead atoms. The highest BCUT2D eigenvalue weighted by atomic mass is 31.2. The van der Waals surface area contributed by atoms with E-state index < -0.39 is 20.0 Å². The highest BCUT2D eigenvalue weighted by Crippen LogP contribution is 2.43. The van der Waals surface area contributed by atoms with Gasteiger partial charge in [0.05, 0.1) is 25.4 Å². The molecule has 0 aliphatic heterocycles. The molecular weight excluding hydrogens is 719 g/mol. The number of hydrogen-bond acceptors (Lipinski definition) is 6. The van der Waals surface area contributed by atoms with Gasteiger partial charge in [0.1, 0.15) is 0 Å². The average molecular weight is 805 g/mol. The van der Waals surface area contributed by atoms with Gasteiger partial charge in [-0.2, -0.15) is 0 Å². The number of carbonyl (C=O) groups excluding carboxylic acids is 1. The Bertz CT molecular complexity index is 1100. The number of amides is 1. The van der Waals surface area contributed by atoms with Crippen LogP contribution in [0.1, 0.15) is 187 Å². The predicted molar refractivity (Wildman–Crippen MR) is 240 cm³/mol. The van der Waals surface area contributed by atoms with Crippen LogP contribution in [0.5, 0.6) is 0 Å². The number of phosphoric acid groups is 1. The Hall–Kier alpha value is -2.06. The molecule has 0 spiro atoms. The highest BCUT2D eigenvalue weighted by Gasteiger charge is 2.26. The molecule has 0 aromatic heterocycles. The SMILES string of the molecule is CC/C=C\C/C=C\C/C=C\C/C=C\C/C=C\CCCCCCCCCC(=O)NC(COP(=O)(O)OCCN)C(O)/C=C/CCCCCCCCCCCCCC. The number of rotatable bonds is 41.